The van der Waals surface area contributed by atoms with Crippen molar-refractivity contribution in [3.05, 3.63) is 0 Å². The molecule has 0 aliphatic carbocycles. The molecule has 2 heteroatoms. The second kappa shape index (κ2) is 2.66. The topological polar surface area (TPSA) is 0 Å². The molecule has 0 heterocycles. The van der Waals surface area contributed by atoms with E-state index < -0.39 is 5.92 Å². The van der Waals surface area contributed by atoms with Crippen LogP contribution in [0.1, 0.15) is 19.8 Å². The van der Waals surface area contributed by atoms with Crippen molar-refractivity contribution in [1.82, 2.24) is 0 Å². The summed E-state index contributed by atoms with van der Waals surface area (Å²) in [5.74, 6) is -0.447. The molecule has 0 N–H and O–H groups in total. The molecule has 0 saturated heterocycles. The molecule has 0 aromatic rings. The van der Waals surface area contributed by atoms with E-state index in [0.29, 0.717) is 0 Å². The Morgan fingerprint density at radius 2 is 2.12 bits per heavy atom. The molecular weight excluding hydrogens is 110 g/mol. The van der Waals surface area contributed by atoms with Crippen molar-refractivity contribution < 1.29 is 8.78 Å². The molecule has 0 aromatic carbocycles. The standard InChI is InChI=1S/C6H8F2/c1-3-4-5-6(2,7)8/h1H,4-5H2,2H3. The molecule has 0 amide bonds. The second-order valence-electron chi connectivity index (χ2n) is 1.77. The van der Waals surface area contributed by atoms with Gasteiger partial charge < -0.3 is 0 Å². The fourth-order valence-electron chi connectivity index (χ4n) is 0.292. The van der Waals surface area contributed by atoms with Crippen molar-refractivity contribution in [3.63, 3.8) is 0 Å². The molecule has 0 atom stereocenters. The first kappa shape index (κ1) is 7.42. The Labute approximate surface area is 47.9 Å². The highest BCUT2D eigenvalue weighted by atomic mass is 19.3. The minimum absolute atomic E-state index is 0.156. The van der Waals surface area contributed by atoms with Gasteiger partial charge in [-0.3, -0.25) is 0 Å². The molecule has 0 saturated carbocycles. The SMILES string of the molecule is C#CCCC(C)(F)F. The quantitative estimate of drug-likeness (QED) is 0.487. The Kier molecular flexibility index (Phi) is 2.47. The van der Waals surface area contributed by atoms with Gasteiger partial charge in [0.2, 0.25) is 5.92 Å². The van der Waals surface area contributed by atoms with Crippen LogP contribution < -0.4 is 0 Å². The summed E-state index contributed by atoms with van der Waals surface area (Å²) in [6.07, 6.45) is 4.70. The van der Waals surface area contributed by atoms with Gasteiger partial charge in [-0.2, -0.15) is 0 Å². The number of hydrogen-bond acceptors (Lipinski definition) is 0. The van der Waals surface area contributed by atoms with Gasteiger partial charge in [-0.1, -0.05) is 0 Å². The summed E-state index contributed by atoms with van der Waals surface area (Å²) in [5, 5.41) is 0. The summed E-state index contributed by atoms with van der Waals surface area (Å²) in [7, 11) is 0. The maximum Gasteiger partial charge on any atom is 0.246 e. The molecule has 0 radical (unpaired) electrons. The van der Waals surface area contributed by atoms with Crippen LogP contribution in [0.25, 0.3) is 0 Å². The third kappa shape index (κ3) is 5.42. The predicted octanol–water partition coefficient (Wildman–Crippen LogP) is 2.06. The van der Waals surface area contributed by atoms with E-state index in [0.717, 1.165) is 6.92 Å². The molecule has 0 fully saturated rings. The van der Waals surface area contributed by atoms with E-state index in [1.807, 2.05) is 0 Å². The van der Waals surface area contributed by atoms with Crippen LogP contribution in [-0.4, -0.2) is 5.92 Å². The van der Waals surface area contributed by atoms with Gasteiger partial charge in [0.05, 0.1) is 0 Å². The minimum Gasteiger partial charge on any atom is -0.207 e. The van der Waals surface area contributed by atoms with Crippen molar-refractivity contribution in [2.24, 2.45) is 0 Å². The monoisotopic (exact) mass is 118 g/mol. The number of halogens is 2. The Morgan fingerprint density at radius 1 is 1.62 bits per heavy atom. The highest BCUT2D eigenvalue weighted by Gasteiger charge is 2.18. The van der Waals surface area contributed by atoms with Crippen molar-refractivity contribution in [2.75, 3.05) is 0 Å². The summed E-state index contributed by atoms with van der Waals surface area (Å²) in [4.78, 5) is 0. The average molecular weight is 118 g/mol. The van der Waals surface area contributed by atoms with Gasteiger partial charge in [0.1, 0.15) is 0 Å². The lowest BCUT2D eigenvalue weighted by Crippen LogP contribution is -2.07. The smallest absolute Gasteiger partial charge is 0.207 e. The van der Waals surface area contributed by atoms with Gasteiger partial charge in [-0.25, -0.2) is 8.78 Å². The van der Waals surface area contributed by atoms with Gasteiger partial charge in [0.25, 0.3) is 0 Å². The second-order valence-corrected chi connectivity index (χ2v) is 1.77. The highest BCUT2D eigenvalue weighted by Crippen LogP contribution is 2.17. The van der Waals surface area contributed by atoms with E-state index in [1.165, 1.54) is 0 Å². The van der Waals surface area contributed by atoms with Gasteiger partial charge in [-0.15, -0.1) is 12.3 Å². The van der Waals surface area contributed by atoms with Crippen molar-refractivity contribution in [2.45, 2.75) is 25.7 Å². The zero-order valence-electron chi connectivity index (χ0n) is 4.75. The van der Waals surface area contributed by atoms with E-state index in [4.69, 9.17) is 6.42 Å². The summed E-state index contributed by atoms with van der Waals surface area (Å²) >= 11 is 0. The maximum atomic E-state index is 11.8. The molecule has 0 rings (SSSR count). The zero-order valence-corrected chi connectivity index (χ0v) is 4.75. The van der Waals surface area contributed by atoms with Crippen molar-refractivity contribution in [1.29, 1.82) is 0 Å². The first-order valence-electron chi connectivity index (χ1n) is 2.37. The zero-order chi connectivity index (χ0) is 6.62. The Bertz CT molecular complexity index is 94.1. The first-order chi connectivity index (χ1) is 3.56. The molecular formula is C6H8F2. The van der Waals surface area contributed by atoms with E-state index in [9.17, 15) is 8.78 Å². The Morgan fingerprint density at radius 3 is 2.25 bits per heavy atom. The lowest BCUT2D eigenvalue weighted by atomic mass is 10.2. The Balaban J connectivity index is 3.28. The molecule has 46 valence electrons. The molecule has 0 spiro atoms. The predicted molar refractivity (Wildman–Crippen MR) is 28.7 cm³/mol. The molecule has 0 unspecified atom stereocenters. The minimum atomic E-state index is -2.59. The third-order valence-corrected chi connectivity index (χ3v) is 0.708. The fourth-order valence-corrected chi connectivity index (χ4v) is 0.292. The van der Waals surface area contributed by atoms with Gasteiger partial charge in [-0.05, 0) is 6.92 Å². The number of rotatable bonds is 2. The van der Waals surface area contributed by atoms with E-state index in [1.54, 1.807) is 0 Å². The largest absolute Gasteiger partial charge is 0.246 e. The Hall–Kier alpha value is -0.580. The van der Waals surface area contributed by atoms with E-state index in [-0.39, 0.29) is 12.8 Å². The number of alkyl halides is 2. The highest BCUT2D eigenvalue weighted by molar-refractivity contribution is 4.84. The van der Waals surface area contributed by atoms with Gasteiger partial charge in [0, 0.05) is 12.8 Å². The maximum absolute atomic E-state index is 11.8. The lowest BCUT2D eigenvalue weighted by molar-refractivity contribution is 0.0146. The number of terminal acetylenes is 1. The molecule has 0 aliphatic rings. The van der Waals surface area contributed by atoms with Crippen molar-refractivity contribution in [3.8, 4) is 12.3 Å². The normalized spacial score (nSPS) is 10.8. The molecule has 0 aromatic heterocycles. The summed E-state index contributed by atoms with van der Waals surface area (Å²) in [5.41, 5.74) is 0. The average Bonchev–Trinajstić information content (AvgIpc) is 1.59. The lowest BCUT2D eigenvalue weighted by Gasteiger charge is -2.04. The van der Waals surface area contributed by atoms with Crippen LogP contribution in [0, 0.1) is 12.3 Å². The summed E-state index contributed by atoms with van der Waals surface area (Å²) < 4.78 is 23.6. The van der Waals surface area contributed by atoms with E-state index in [2.05, 4.69) is 5.92 Å². The van der Waals surface area contributed by atoms with Gasteiger partial charge in [0.15, 0.2) is 0 Å². The molecule has 0 bridgehead atoms. The summed E-state index contributed by atoms with van der Waals surface area (Å²) in [6, 6.07) is 0. The number of hydrogen-bond donors (Lipinski definition) is 0. The fraction of sp³-hybridized carbons (Fsp3) is 0.667. The van der Waals surface area contributed by atoms with Crippen LogP contribution in [-0.2, 0) is 0 Å². The van der Waals surface area contributed by atoms with E-state index >= 15 is 0 Å². The van der Waals surface area contributed by atoms with Crippen LogP contribution in [0.3, 0.4) is 0 Å². The first-order valence-corrected chi connectivity index (χ1v) is 2.37. The van der Waals surface area contributed by atoms with Crippen LogP contribution in [0.2, 0.25) is 0 Å². The van der Waals surface area contributed by atoms with Crippen LogP contribution >= 0.6 is 0 Å². The van der Waals surface area contributed by atoms with Gasteiger partial charge >= 0.3 is 0 Å². The third-order valence-electron chi connectivity index (χ3n) is 0.708. The molecule has 0 aliphatic heterocycles. The molecule has 8 heavy (non-hydrogen) atoms. The van der Waals surface area contributed by atoms with Crippen LogP contribution in [0.5, 0.6) is 0 Å². The van der Waals surface area contributed by atoms with Crippen LogP contribution in [0.4, 0.5) is 8.78 Å². The van der Waals surface area contributed by atoms with Crippen LogP contribution in [0.15, 0.2) is 0 Å². The van der Waals surface area contributed by atoms with Crippen molar-refractivity contribution >= 4 is 0 Å². The summed E-state index contributed by atoms with van der Waals surface area (Å²) in [6.45, 7) is 0.865. The molecule has 0 nitrogen and oxygen atoms in total.